The van der Waals surface area contributed by atoms with Crippen LogP contribution in [0.4, 0.5) is 0 Å². The smallest absolute Gasteiger partial charge is 0.306 e. The Balaban J connectivity index is 1.35. The minimum Gasteiger partial charge on any atom is -0.496 e. The van der Waals surface area contributed by atoms with E-state index in [-0.39, 0.29) is 30.9 Å². The molecule has 0 amide bonds. The van der Waals surface area contributed by atoms with E-state index in [0.29, 0.717) is 33.9 Å². The van der Waals surface area contributed by atoms with Crippen molar-refractivity contribution in [3.63, 3.8) is 0 Å². The number of aryl methyl sites for hydroxylation is 1. The Morgan fingerprint density at radius 2 is 1.90 bits per heavy atom. The van der Waals surface area contributed by atoms with Crippen molar-refractivity contribution in [3.05, 3.63) is 70.6 Å². The van der Waals surface area contributed by atoms with Crippen LogP contribution in [0.2, 0.25) is 0 Å². The number of hydrogen-bond acceptors (Lipinski definition) is 8. The molecule has 9 nitrogen and oxygen atoms in total. The molecule has 4 aromatic rings. The van der Waals surface area contributed by atoms with E-state index >= 15 is 0 Å². The van der Waals surface area contributed by atoms with Gasteiger partial charge in [0.15, 0.2) is 6.61 Å². The molecule has 9 heteroatoms. The predicted octanol–water partition coefficient (Wildman–Crippen LogP) is 2.66. The first-order valence-corrected chi connectivity index (χ1v) is 9.23. The molecule has 30 heavy (non-hydrogen) atoms. The highest BCUT2D eigenvalue weighted by Gasteiger charge is 2.14. The highest BCUT2D eigenvalue weighted by atomic mass is 16.6. The number of hydrogen-bond donors (Lipinski definition) is 1. The number of rotatable bonds is 7. The monoisotopic (exact) mass is 406 g/mol. The van der Waals surface area contributed by atoms with Gasteiger partial charge in [-0.15, -0.1) is 0 Å². The number of methoxy groups -OCH3 is 1. The van der Waals surface area contributed by atoms with Gasteiger partial charge in [0, 0.05) is 6.42 Å². The fourth-order valence-corrected chi connectivity index (χ4v) is 2.94. The van der Waals surface area contributed by atoms with E-state index in [0.717, 1.165) is 0 Å². The number of fused-ring (bicyclic) bond motifs is 1. The van der Waals surface area contributed by atoms with Gasteiger partial charge in [-0.3, -0.25) is 9.59 Å². The van der Waals surface area contributed by atoms with E-state index in [4.69, 9.17) is 14.0 Å². The van der Waals surface area contributed by atoms with Crippen molar-refractivity contribution in [2.75, 3.05) is 7.11 Å². The Morgan fingerprint density at radius 1 is 1.10 bits per heavy atom. The summed E-state index contributed by atoms with van der Waals surface area (Å²) in [7, 11) is 1.55. The summed E-state index contributed by atoms with van der Waals surface area (Å²) in [5, 5.41) is 4.40. The van der Waals surface area contributed by atoms with Crippen molar-refractivity contribution in [1.82, 2.24) is 20.1 Å². The van der Waals surface area contributed by atoms with Crippen LogP contribution in [0.3, 0.4) is 0 Å². The van der Waals surface area contributed by atoms with E-state index in [1.807, 2.05) is 12.1 Å². The Bertz CT molecular complexity index is 1250. The molecule has 0 unspecified atom stereocenters. The van der Waals surface area contributed by atoms with E-state index in [1.165, 1.54) is 0 Å². The maximum Gasteiger partial charge on any atom is 0.306 e. The second-order valence-corrected chi connectivity index (χ2v) is 6.40. The standard InChI is InChI=1S/C21H18N4O5/c1-28-16-9-5-3-7-14(16)20-24-18(30-25-20)12-29-19(26)11-10-17-22-15-8-4-2-6-13(15)21(27)23-17/h2-9H,10-12H2,1H3,(H,22,23,27). The molecule has 0 aliphatic heterocycles. The maximum absolute atomic E-state index is 12.1. The number of H-pyrrole nitrogens is 1. The number of carbonyl (C=O) groups excluding carboxylic acids is 1. The van der Waals surface area contributed by atoms with Gasteiger partial charge >= 0.3 is 5.97 Å². The summed E-state index contributed by atoms with van der Waals surface area (Å²) in [6.45, 7) is -0.150. The lowest BCUT2D eigenvalue weighted by atomic mass is 10.2. The average Bonchev–Trinajstić information content (AvgIpc) is 3.25. The van der Waals surface area contributed by atoms with Crippen LogP contribution in [-0.4, -0.2) is 33.2 Å². The lowest BCUT2D eigenvalue weighted by molar-refractivity contribution is -0.145. The molecule has 0 fully saturated rings. The molecule has 0 aliphatic carbocycles. The summed E-state index contributed by atoms with van der Waals surface area (Å²) in [4.78, 5) is 35.4. The van der Waals surface area contributed by atoms with Crippen LogP contribution in [0.5, 0.6) is 5.75 Å². The third-order valence-electron chi connectivity index (χ3n) is 4.40. The lowest BCUT2D eigenvalue weighted by Crippen LogP contribution is -2.14. The molecule has 0 atom stereocenters. The number of ether oxygens (including phenoxy) is 2. The number of para-hydroxylation sites is 2. The fourth-order valence-electron chi connectivity index (χ4n) is 2.94. The fraction of sp³-hybridized carbons (Fsp3) is 0.190. The van der Waals surface area contributed by atoms with Gasteiger partial charge in [-0.2, -0.15) is 4.98 Å². The minimum absolute atomic E-state index is 0.0504. The number of nitrogens with one attached hydrogen (secondary N) is 1. The highest BCUT2D eigenvalue weighted by Crippen LogP contribution is 2.27. The molecule has 2 aromatic carbocycles. The predicted molar refractivity (Wildman–Crippen MR) is 107 cm³/mol. The topological polar surface area (TPSA) is 120 Å². The van der Waals surface area contributed by atoms with Crippen LogP contribution in [0.25, 0.3) is 22.3 Å². The number of carbonyl (C=O) groups is 1. The second-order valence-electron chi connectivity index (χ2n) is 6.40. The van der Waals surface area contributed by atoms with Crippen molar-refractivity contribution in [3.8, 4) is 17.1 Å². The molecule has 0 spiro atoms. The van der Waals surface area contributed by atoms with Crippen LogP contribution in [0.1, 0.15) is 18.1 Å². The number of aromatic amines is 1. The number of esters is 1. The summed E-state index contributed by atoms with van der Waals surface area (Å²) in [5.74, 6) is 1.08. The number of aromatic nitrogens is 4. The van der Waals surface area contributed by atoms with Crippen LogP contribution in [-0.2, 0) is 22.6 Å². The molecule has 0 bridgehead atoms. The highest BCUT2D eigenvalue weighted by molar-refractivity contribution is 5.77. The summed E-state index contributed by atoms with van der Waals surface area (Å²) in [6.07, 6.45) is 0.296. The van der Waals surface area contributed by atoms with Gasteiger partial charge in [-0.25, -0.2) is 4.98 Å². The summed E-state index contributed by atoms with van der Waals surface area (Å²) >= 11 is 0. The maximum atomic E-state index is 12.1. The second kappa shape index (κ2) is 8.56. The van der Waals surface area contributed by atoms with Crippen LogP contribution >= 0.6 is 0 Å². The van der Waals surface area contributed by atoms with Gasteiger partial charge in [0.1, 0.15) is 11.6 Å². The molecule has 0 saturated heterocycles. The largest absolute Gasteiger partial charge is 0.496 e. The van der Waals surface area contributed by atoms with E-state index in [2.05, 4.69) is 20.1 Å². The van der Waals surface area contributed by atoms with Crippen LogP contribution in [0, 0.1) is 0 Å². The van der Waals surface area contributed by atoms with Gasteiger partial charge in [-0.05, 0) is 24.3 Å². The first-order valence-electron chi connectivity index (χ1n) is 9.23. The van der Waals surface area contributed by atoms with Gasteiger partial charge in [0.05, 0.1) is 30.0 Å². The first-order chi connectivity index (χ1) is 14.6. The average molecular weight is 406 g/mol. The van der Waals surface area contributed by atoms with E-state index < -0.39 is 5.97 Å². The molecule has 0 radical (unpaired) electrons. The van der Waals surface area contributed by atoms with E-state index in [1.54, 1.807) is 43.5 Å². The Hall–Kier alpha value is -4.01. The summed E-state index contributed by atoms with van der Waals surface area (Å²) in [5.41, 5.74) is 1.02. The van der Waals surface area contributed by atoms with Crippen molar-refractivity contribution >= 4 is 16.9 Å². The lowest BCUT2D eigenvalue weighted by Gasteiger charge is -2.04. The first kappa shape index (κ1) is 19.3. The Kier molecular flexibility index (Phi) is 5.51. The zero-order chi connectivity index (χ0) is 20.9. The van der Waals surface area contributed by atoms with Gasteiger partial charge in [0.25, 0.3) is 11.4 Å². The van der Waals surface area contributed by atoms with Crippen molar-refractivity contribution in [2.45, 2.75) is 19.4 Å². The number of benzene rings is 2. The molecule has 0 saturated carbocycles. The number of nitrogens with zero attached hydrogens (tertiary/aromatic N) is 3. The van der Waals surface area contributed by atoms with Crippen LogP contribution in [0.15, 0.2) is 57.8 Å². The van der Waals surface area contributed by atoms with Crippen molar-refractivity contribution < 1.29 is 18.8 Å². The van der Waals surface area contributed by atoms with Gasteiger partial charge < -0.3 is 19.0 Å². The SMILES string of the molecule is COc1ccccc1-c1noc(COC(=O)CCc2nc3ccccc3c(=O)[nH]2)n1. The Labute approximate surface area is 170 Å². The van der Waals surface area contributed by atoms with Crippen molar-refractivity contribution in [1.29, 1.82) is 0 Å². The van der Waals surface area contributed by atoms with E-state index in [9.17, 15) is 9.59 Å². The zero-order valence-corrected chi connectivity index (χ0v) is 16.1. The molecular weight excluding hydrogens is 388 g/mol. The quantitative estimate of drug-likeness (QED) is 0.465. The summed E-state index contributed by atoms with van der Waals surface area (Å²) < 4.78 is 15.6. The minimum atomic E-state index is -0.470. The molecule has 152 valence electrons. The van der Waals surface area contributed by atoms with Gasteiger partial charge in [-0.1, -0.05) is 29.4 Å². The molecule has 0 aliphatic rings. The molecule has 4 rings (SSSR count). The molecule has 2 aromatic heterocycles. The Morgan fingerprint density at radius 3 is 2.77 bits per heavy atom. The summed E-state index contributed by atoms with van der Waals surface area (Å²) in [6, 6.07) is 14.3. The molecule has 2 heterocycles. The third-order valence-corrected chi connectivity index (χ3v) is 4.40. The third kappa shape index (κ3) is 4.19. The molecular formula is C21H18N4O5. The normalized spacial score (nSPS) is 10.8. The molecule has 1 N–H and O–H groups in total. The van der Waals surface area contributed by atoms with Gasteiger partial charge in [0.2, 0.25) is 5.82 Å². The van der Waals surface area contributed by atoms with Crippen LogP contribution < -0.4 is 10.3 Å². The van der Waals surface area contributed by atoms with Crippen molar-refractivity contribution in [2.24, 2.45) is 0 Å². The zero-order valence-electron chi connectivity index (χ0n) is 16.1.